The van der Waals surface area contributed by atoms with Gasteiger partial charge in [0.1, 0.15) is 0 Å². The second-order valence-electron chi connectivity index (χ2n) is 2.30. The molecule has 0 unspecified atom stereocenters. The highest BCUT2D eigenvalue weighted by atomic mass is 13.9. The predicted octanol–water partition coefficient (Wildman–Crippen LogP) is 3.22. The maximum Gasteiger partial charge on any atom is -0.0204 e. The molecule has 0 aromatic rings. The molecule has 0 fully saturated rings. The zero-order valence-electron chi connectivity index (χ0n) is 6.70. The van der Waals surface area contributed by atoms with Crippen molar-refractivity contribution in [1.82, 2.24) is 0 Å². The van der Waals surface area contributed by atoms with Gasteiger partial charge in [-0.15, -0.1) is 0 Å². The molecule has 0 aromatic carbocycles. The molecular weight excluding hydrogens is 108 g/mol. The summed E-state index contributed by atoms with van der Waals surface area (Å²) in [6.07, 6.45) is 8.83. The van der Waals surface area contributed by atoms with Crippen molar-refractivity contribution in [3.05, 3.63) is 18.1 Å². The van der Waals surface area contributed by atoms with E-state index in [1.54, 1.807) is 0 Å². The first-order chi connectivity index (χ1) is 4.31. The first kappa shape index (κ1) is 8.74. The van der Waals surface area contributed by atoms with Crippen LogP contribution in [0.4, 0.5) is 0 Å². The van der Waals surface area contributed by atoms with Crippen LogP contribution in [0.3, 0.4) is 0 Å². The molecule has 0 aliphatic rings. The van der Waals surface area contributed by atoms with E-state index in [2.05, 4.69) is 26.3 Å². The zero-order valence-corrected chi connectivity index (χ0v) is 6.70. The smallest absolute Gasteiger partial charge is 0.0204 e. The van der Waals surface area contributed by atoms with Gasteiger partial charge in [-0.2, -0.15) is 0 Å². The summed E-state index contributed by atoms with van der Waals surface area (Å²) >= 11 is 0. The van der Waals surface area contributed by atoms with Crippen molar-refractivity contribution in [3.8, 4) is 0 Å². The van der Waals surface area contributed by atoms with Gasteiger partial charge in [-0.1, -0.05) is 25.5 Å². The SMILES string of the molecule is C[C]CC/C=C(\C)CC. The van der Waals surface area contributed by atoms with Gasteiger partial charge in [0.15, 0.2) is 0 Å². The Balaban J connectivity index is 3.21. The van der Waals surface area contributed by atoms with Crippen molar-refractivity contribution in [2.45, 2.75) is 40.0 Å². The maximum atomic E-state index is 3.10. The highest BCUT2D eigenvalue weighted by molar-refractivity contribution is 4.96. The predicted molar refractivity (Wildman–Crippen MR) is 42.2 cm³/mol. The fourth-order valence-corrected chi connectivity index (χ4v) is 0.607. The maximum absolute atomic E-state index is 3.10. The molecule has 0 spiro atoms. The molecular formula is C9H16. The largest absolute Gasteiger partial charge is 0.0856 e. The quantitative estimate of drug-likeness (QED) is 0.398. The number of hydrogen-bond acceptors (Lipinski definition) is 0. The van der Waals surface area contributed by atoms with Crippen LogP contribution in [0.2, 0.25) is 0 Å². The Morgan fingerprint density at radius 3 is 2.67 bits per heavy atom. The van der Waals surface area contributed by atoms with E-state index in [1.807, 2.05) is 6.92 Å². The summed E-state index contributed by atoms with van der Waals surface area (Å²) < 4.78 is 0. The molecule has 0 bridgehead atoms. The Labute approximate surface area is 59.0 Å². The molecule has 0 aliphatic heterocycles. The Kier molecular flexibility index (Phi) is 5.70. The summed E-state index contributed by atoms with van der Waals surface area (Å²) in [6, 6.07) is 0. The van der Waals surface area contributed by atoms with E-state index in [4.69, 9.17) is 0 Å². The lowest BCUT2D eigenvalue weighted by molar-refractivity contribution is 0.946. The fraction of sp³-hybridized carbons (Fsp3) is 0.667. The summed E-state index contributed by atoms with van der Waals surface area (Å²) in [5.74, 6) is 0. The van der Waals surface area contributed by atoms with Crippen molar-refractivity contribution in [1.29, 1.82) is 0 Å². The lowest BCUT2D eigenvalue weighted by Gasteiger charge is -1.92. The van der Waals surface area contributed by atoms with Crippen LogP contribution in [0.1, 0.15) is 40.0 Å². The molecule has 0 heteroatoms. The van der Waals surface area contributed by atoms with E-state index in [-0.39, 0.29) is 0 Å². The minimum Gasteiger partial charge on any atom is -0.0856 e. The molecule has 0 saturated carbocycles. The molecule has 0 aliphatic carbocycles. The van der Waals surface area contributed by atoms with Gasteiger partial charge >= 0.3 is 0 Å². The summed E-state index contributed by atoms with van der Waals surface area (Å²) in [7, 11) is 0. The number of allylic oxidation sites excluding steroid dienone is 2. The summed E-state index contributed by atoms with van der Waals surface area (Å²) in [6.45, 7) is 6.34. The van der Waals surface area contributed by atoms with Crippen molar-refractivity contribution < 1.29 is 0 Å². The number of unbranched alkanes of at least 4 members (excludes halogenated alkanes) is 2. The third kappa shape index (κ3) is 5.61. The second kappa shape index (κ2) is 5.87. The molecule has 0 aromatic heterocycles. The van der Waals surface area contributed by atoms with Gasteiger partial charge in [0.2, 0.25) is 0 Å². The summed E-state index contributed by atoms with van der Waals surface area (Å²) in [4.78, 5) is 0. The monoisotopic (exact) mass is 124 g/mol. The van der Waals surface area contributed by atoms with Gasteiger partial charge < -0.3 is 0 Å². The molecule has 0 amide bonds. The number of hydrogen-bond donors (Lipinski definition) is 0. The lowest BCUT2D eigenvalue weighted by atomic mass is 10.1. The van der Waals surface area contributed by atoms with Crippen LogP contribution in [0.25, 0.3) is 0 Å². The van der Waals surface area contributed by atoms with E-state index < -0.39 is 0 Å². The van der Waals surface area contributed by atoms with Gasteiger partial charge in [-0.25, -0.2) is 0 Å². The van der Waals surface area contributed by atoms with Crippen LogP contribution in [-0.4, -0.2) is 0 Å². The Morgan fingerprint density at radius 2 is 2.22 bits per heavy atom. The third-order valence-corrected chi connectivity index (χ3v) is 1.44. The molecule has 0 N–H and O–H groups in total. The standard InChI is InChI=1S/C9H16/c1-4-6-7-8-9(3)5-2/h8H,5-7H2,1-3H3/b9-8+. The van der Waals surface area contributed by atoms with Crippen LogP contribution in [0, 0.1) is 6.42 Å². The fourth-order valence-electron chi connectivity index (χ4n) is 0.607. The highest BCUT2D eigenvalue weighted by Crippen LogP contribution is 2.02. The van der Waals surface area contributed by atoms with Crippen molar-refractivity contribution in [2.24, 2.45) is 0 Å². The van der Waals surface area contributed by atoms with Gasteiger partial charge in [0.05, 0.1) is 0 Å². The van der Waals surface area contributed by atoms with E-state index in [9.17, 15) is 0 Å². The summed E-state index contributed by atoms with van der Waals surface area (Å²) in [5, 5.41) is 0. The lowest BCUT2D eigenvalue weighted by Crippen LogP contribution is -1.73. The Hall–Kier alpha value is -0.260. The highest BCUT2D eigenvalue weighted by Gasteiger charge is 1.82. The molecule has 0 rings (SSSR count). The topological polar surface area (TPSA) is 0 Å². The van der Waals surface area contributed by atoms with Gasteiger partial charge in [0.25, 0.3) is 0 Å². The van der Waals surface area contributed by atoms with Gasteiger partial charge in [0, 0.05) is 0 Å². The number of rotatable bonds is 4. The van der Waals surface area contributed by atoms with Gasteiger partial charge in [-0.05, 0) is 32.6 Å². The van der Waals surface area contributed by atoms with E-state index in [0.29, 0.717) is 0 Å². The molecule has 0 heterocycles. The van der Waals surface area contributed by atoms with Crippen LogP contribution >= 0.6 is 0 Å². The van der Waals surface area contributed by atoms with Crippen LogP contribution in [0.15, 0.2) is 11.6 Å². The minimum absolute atomic E-state index is 1.09. The molecule has 0 atom stereocenters. The summed E-state index contributed by atoms with van der Waals surface area (Å²) in [5.41, 5.74) is 1.49. The van der Waals surface area contributed by atoms with Crippen molar-refractivity contribution in [2.75, 3.05) is 0 Å². The van der Waals surface area contributed by atoms with E-state index in [1.165, 1.54) is 12.0 Å². The normalized spacial score (nSPS) is 12.1. The van der Waals surface area contributed by atoms with Crippen LogP contribution in [0.5, 0.6) is 0 Å². The Morgan fingerprint density at radius 1 is 1.56 bits per heavy atom. The first-order valence-electron chi connectivity index (χ1n) is 3.61. The second-order valence-corrected chi connectivity index (χ2v) is 2.30. The molecule has 52 valence electrons. The minimum atomic E-state index is 1.09. The van der Waals surface area contributed by atoms with Crippen molar-refractivity contribution >= 4 is 0 Å². The Bertz CT molecular complexity index is 80.0. The van der Waals surface area contributed by atoms with E-state index in [0.717, 1.165) is 12.8 Å². The third-order valence-electron chi connectivity index (χ3n) is 1.44. The zero-order chi connectivity index (χ0) is 7.11. The average molecular weight is 124 g/mol. The van der Waals surface area contributed by atoms with Crippen LogP contribution in [-0.2, 0) is 0 Å². The van der Waals surface area contributed by atoms with E-state index >= 15 is 0 Å². The molecule has 0 saturated heterocycles. The average Bonchev–Trinajstić information content (AvgIpc) is 1.89. The first-order valence-corrected chi connectivity index (χ1v) is 3.61. The molecule has 2 radical (unpaired) electrons. The molecule has 0 nitrogen and oxygen atoms in total. The van der Waals surface area contributed by atoms with Crippen molar-refractivity contribution in [3.63, 3.8) is 0 Å². The van der Waals surface area contributed by atoms with Gasteiger partial charge in [-0.3, -0.25) is 0 Å². The molecule has 9 heavy (non-hydrogen) atoms. The van der Waals surface area contributed by atoms with Crippen LogP contribution < -0.4 is 0 Å².